The fourth-order valence-electron chi connectivity index (χ4n) is 2.89. The van der Waals surface area contributed by atoms with Crippen LogP contribution in [0.5, 0.6) is 0 Å². The first kappa shape index (κ1) is 17.5. The van der Waals surface area contributed by atoms with E-state index in [1.54, 1.807) is 17.0 Å². The largest absolute Gasteiger partial charge is 0.347 e. The van der Waals surface area contributed by atoms with Gasteiger partial charge in [-0.05, 0) is 18.2 Å². The summed E-state index contributed by atoms with van der Waals surface area (Å²) in [6.45, 7) is 2.26. The van der Waals surface area contributed by atoms with Gasteiger partial charge in [-0.25, -0.2) is 0 Å². The number of likely N-dealkylation sites (tertiary alicyclic amines) is 1. The van der Waals surface area contributed by atoms with Crippen molar-refractivity contribution in [3.8, 4) is 0 Å². The van der Waals surface area contributed by atoms with E-state index in [-0.39, 0.29) is 18.4 Å². The molecule has 8 heteroatoms. The molecule has 2 fully saturated rings. The number of rotatable bonds is 3. The predicted molar refractivity (Wildman–Crippen MR) is 89.2 cm³/mol. The first-order valence-electron chi connectivity index (χ1n) is 7.78. The highest BCUT2D eigenvalue weighted by molar-refractivity contribution is 6.42. The average molecular weight is 373 g/mol. The number of hydrogen-bond donors (Lipinski definition) is 1. The molecular weight excluding hydrogens is 355 g/mol. The molecule has 1 aromatic rings. The van der Waals surface area contributed by atoms with Gasteiger partial charge in [-0.2, -0.15) is 0 Å². The van der Waals surface area contributed by atoms with Gasteiger partial charge in [0.15, 0.2) is 5.79 Å². The van der Waals surface area contributed by atoms with Gasteiger partial charge in [0.2, 0.25) is 5.91 Å². The fourth-order valence-corrected chi connectivity index (χ4v) is 3.19. The molecule has 2 saturated heterocycles. The summed E-state index contributed by atoms with van der Waals surface area (Å²) in [4.78, 5) is 26.0. The van der Waals surface area contributed by atoms with Crippen molar-refractivity contribution >= 4 is 35.0 Å². The number of carbonyl (C=O) groups is 2. The van der Waals surface area contributed by atoms with E-state index >= 15 is 0 Å². The van der Waals surface area contributed by atoms with E-state index in [9.17, 15) is 9.59 Å². The topological polar surface area (TPSA) is 67.9 Å². The smallest absolute Gasteiger partial charge is 0.251 e. The molecule has 3 rings (SSSR count). The predicted octanol–water partition coefficient (Wildman–Crippen LogP) is 2.09. The van der Waals surface area contributed by atoms with Crippen molar-refractivity contribution in [1.29, 1.82) is 0 Å². The summed E-state index contributed by atoms with van der Waals surface area (Å²) in [5.41, 5.74) is 0.363. The molecule has 1 spiro atoms. The monoisotopic (exact) mass is 372 g/mol. The van der Waals surface area contributed by atoms with Crippen molar-refractivity contribution in [1.82, 2.24) is 10.2 Å². The maximum Gasteiger partial charge on any atom is 0.251 e. The molecule has 2 aliphatic rings. The van der Waals surface area contributed by atoms with Gasteiger partial charge < -0.3 is 19.7 Å². The molecule has 130 valence electrons. The van der Waals surface area contributed by atoms with Gasteiger partial charge in [0.1, 0.15) is 0 Å². The molecule has 24 heavy (non-hydrogen) atoms. The van der Waals surface area contributed by atoms with Crippen LogP contribution in [0, 0.1) is 0 Å². The van der Waals surface area contributed by atoms with E-state index < -0.39 is 5.79 Å². The number of piperidine rings is 1. The van der Waals surface area contributed by atoms with Crippen LogP contribution in [0.2, 0.25) is 10.0 Å². The number of nitrogens with zero attached hydrogens (tertiary/aromatic N) is 1. The van der Waals surface area contributed by atoms with E-state index in [1.165, 1.54) is 6.07 Å². The lowest BCUT2D eigenvalue weighted by Crippen LogP contribution is -2.49. The lowest BCUT2D eigenvalue weighted by Gasteiger charge is -2.37. The third-order valence-electron chi connectivity index (χ3n) is 4.27. The molecule has 0 atom stereocenters. The van der Waals surface area contributed by atoms with Crippen LogP contribution >= 0.6 is 23.2 Å². The molecule has 2 aliphatic heterocycles. The number of carbonyl (C=O) groups excluding carboxylic acids is 2. The van der Waals surface area contributed by atoms with Crippen LogP contribution in [0.4, 0.5) is 0 Å². The zero-order valence-electron chi connectivity index (χ0n) is 13.0. The summed E-state index contributed by atoms with van der Waals surface area (Å²) in [6.07, 6.45) is 1.30. The van der Waals surface area contributed by atoms with Crippen LogP contribution in [0.3, 0.4) is 0 Å². The molecule has 0 bridgehead atoms. The second-order valence-electron chi connectivity index (χ2n) is 5.80. The Hall–Kier alpha value is -1.34. The second kappa shape index (κ2) is 7.27. The molecule has 0 aliphatic carbocycles. The van der Waals surface area contributed by atoms with Gasteiger partial charge in [-0.3, -0.25) is 9.59 Å². The Morgan fingerprint density at radius 2 is 1.79 bits per heavy atom. The zero-order chi connectivity index (χ0) is 17.2. The third kappa shape index (κ3) is 3.83. The first-order valence-corrected chi connectivity index (χ1v) is 8.54. The normalized spacial score (nSPS) is 19.5. The van der Waals surface area contributed by atoms with Gasteiger partial charge in [0.25, 0.3) is 5.91 Å². The van der Waals surface area contributed by atoms with Gasteiger partial charge >= 0.3 is 0 Å². The summed E-state index contributed by atoms with van der Waals surface area (Å²) < 4.78 is 11.3. The number of hydrogen-bond acceptors (Lipinski definition) is 4. The Kier molecular flexibility index (Phi) is 5.30. The van der Waals surface area contributed by atoms with Crippen molar-refractivity contribution in [2.45, 2.75) is 18.6 Å². The average Bonchev–Trinajstić information content (AvgIpc) is 3.03. The summed E-state index contributed by atoms with van der Waals surface area (Å²) >= 11 is 11.7. The third-order valence-corrected chi connectivity index (χ3v) is 5.01. The van der Waals surface area contributed by atoms with Crippen LogP contribution in [0.15, 0.2) is 18.2 Å². The fraction of sp³-hybridized carbons (Fsp3) is 0.500. The van der Waals surface area contributed by atoms with E-state index in [0.717, 1.165) is 0 Å². The Bertz CT molecular complexity index is 637. The second-order valence-corrected chi connectivity index (χ2v) is 6.61. The number of ether oxygens (including phenoxy) is 2. The standard InChI is InChI=1S/C16H18Cl2N2O4/c17-12-2-1-11(9-13(12)18)15(22)19-10-14(21)20-5-3-16(4-6-20)23-7-8-24-16/h1-2,9H,3-8,10H2,(H,19,22). The maximum absolute atomic E-state index is 12.2. The molecular formula is C16H18Cl2N2O4. The SMILES string of the molecule is O=C(NCC(=O)N1CCC2(CC1)OCCO2)c1ccc(Cl)c(Cl)c1. The zero-order valence-corrected chi connectivity index (χ0v) is 14.5. The molecule has 0 unspecified atom stereocenters. The maximum atomic E-state index is 12.2. The van der Waals surface area contributed by atoms with Crippen LogP contribution in [0.25, 0.3) is 0 Å². The van der Waals surface area contributed by atoms with Crippen LogP contribution in [-0.2, 0) is 14.3 Å². The molecule has 2 amide bonds. The molecule has 0 radical (unpaired) electrons. The van der Waals surface area contributed by atoms with E-state index in [0.29, 0.717) is 54.8 Å². The summed E-state index contributed by atoms with van der Waals surface area (Å²) in [6, 6.07) is 4.59. The Labute approximate surface area is 150 Å². The number of benzene rings is 1. The summed E-state index contributed by atoms with van der Waals surface area (Å²) in [5, 5.41) is 3.29. The van der Waals surface area contributed by atoms with Crippen molar-refractivity contribution in [3.63, 3.8) is 0 Å². The molecule has 0 saturated carbocycles. The minimum Gasteiger partial charge on any atom is -0.347 e. The number of halogens is 2. The van der Waals surface area contributed by atoms with Crippen molar-refractivity contribution in [2.24, 2.45) is 0 Å². The molecule has 1 N–H and O–H groups in total. The number of nitrogens with one attached hydrogen (secondary N) is 1. The molecule has 2 heterocycles. The Balaban J connectivity index is 1.48. The van der Waals surface area contributed by atoms with Crippen molar-refractivity contribution in [2.75, 3.05) is 32.8 Å². The molecule has 0 aromatic heterocycles. The lowest BCUT2D eigenvalue weighted by molar-refractivity contribution is -0.187. The van der Waals surface area contributed by atoms with Crippen LogP contribution in [-0.4, -0.2) is 55.3 Å². The number of amides is 2. The molecule has 1 aromatic carbocycles. The van der Waals surface area contributed by atoms with Gasteiger partial charge in [-0.15, -0.1) is 0 Å². The van der Waals surface area contributed by atoms with Crippen molar-refractivity contribution in [3.05, 3.63) is 33.8 Å². The summed E-state index contributed by atoms with van der Waals surface area (Å²) in [7, 11) is 0. The highest BCUT2D eigenvalue weighted by Crippen LogP contribution is 2.31. The first-order chi connectivity index (χ1) is 11.5. The van der Waals surface area contributed by atoms with Crippen LogP contribution in [0.1, 0.15) is 23.2 Å². The Morgan fingerprint density at radius 3 is 2.42 bits per heavy atom. The molecule has 6 nitrogen and oxygen atoms in total. The van der Waals surface area contributed by atoms with E-state index in [1.807, 2.05) is 0 Å². The van der Waals surface area contributed by atoms with E-state index in [2.05, 4.69) is 5.32 Å². The lowest BCUT2D eigenvalue weighted by atomic mass is 10.0. The Morgan fingerprint density at radius 1 is 1.12 bits per heavy atom. The van der Waals surface area contributed by atoms with Crippen molar-refractivity contribution < 1.29 is 19.1 Å². The van der Waals surface area contributed by atoms with Crippen LogP contribution < -0.4 is 5.32 Å². The minimum atomic E-state index is -0.514. The highest BCUT2D eigenvalue weighted by atomic mass is 35.5. The van der Waals surface area contributed by atoms with Gasteiger partial charge in [-0.1, -0.05) is 23.2 Å². The quantitative estimate of drug-likeness (QED) is 0.881. The van der Waals surface area contributed by atoms with Gasteiger partial charge in [0.05, 0.1) is 29.8 Å². The van der Waals surface area contributed by atoms with Gasteiger partial charge in [0, 0.05) is 31.5 Å². The van der Waals surface area contributed by atoms with E-state index in [4.69, 9.17) is 32.7 Å². The summed E-state index contributed by atoms with van der Waals surface area (Å²) in [5.74, 6) is -1.01. The minimum absolute atomic E-state index is 0.0617. The highest BCUT2D eigenvalue weighted by Gasteiger charge is 2.40.